The zero-order chi connectivity index (χ0) is 21.8. The summed E-state index contributed by atoms with van der Waals surface area (Å²) in [5, 5.41) is 15.9. The van der Waals surface area contributed by atoms with Gasteiger partial charge in [0.15, 0.2) is 0 Å². The molecule has 0 aliphatic heterocycles. The Morgan fingerprint density at radius 1 is 0.875 bits per heavy atom. The van der Waals surface area contributed by atoms with Gasteiger partial charge in [-0.15, -0.1) is 0 Å². The summed E-state index contributed by atoms with van der Waals surface area (Å²) < 4.78 is 4.03. The van der Waals surface area contributed by atoms with Crippen LogP contribution in [0.3, 0.4) is 0 Å². The Labute approximate surface area is 200 Å². The predicted octanol–water partition coefficient (Wildman–Crippen LogP) is 3.38. The number of hydrogen-bond acceptors (Lipinski definition) is 5. The summed E-state index contributed by atoms with van der Waals surface area (Å²) in [6, 6.07) is 12.4. The number of hydrogen-bond donors (Lipinski definition) is 0. The molecule has 9 nitrogen and oxygen atoms in total. The first-order valence-corrected chi connectivity index (χ1v) is 9.96. The van der Waals surface area contributed by atoms with Crippen molar-refractivity contribution in [1.82, 2.24) is 44.5 Å². The van der Waals surface area contributed by atoms with Crippen molar-refractivity contribution in [3.63, 3.8) is 0 Å². The fourth-order valence-electron chi connectivity index (χ4n) is 3.10. The van der Waals surface area contributed by atoms with Crippen LogP contribution in [-0.4, -0.2) is 34.3 Å². The molecule has 4 aromatic heterocycles. The third-order valence-corrected chi connectivity index (χ3v) is 4.55. The monoisotopic (exact) mass is 608 g/mol. The molecule has 0 atom stereocenters. The Kier molecular flexibility index (Phi) is 7.53. The van der Waals surface area contributed by atoms with Gasteiger partial charge in [0.25, 0.3) is 0 Å². The molecule has 0 unspecified atom stereocenters. The van der Waals surface area contributed by atoms with E-state index in [1.165, 1.54) is 0 Å². The van der Waals surface area contributed by atoms with Gasteiger partial charge in [0.1, 0.15) is 11.6 Å². The number of para-hydroxylation sites is 1. The van der Waals surface area contributed by atoms with Crippen LogP contribution in [0, 0.1) is 13.8 Å². The maximum atomic E-state index is 4.34. The average Bonchev–Trinajstić information content (AvgIpc) is 3.55. The topological polar surface area (TPSA) is 103 Å². The molecule has 32 heavy (non-hydrogen) atoms. The fraction of sp³-hybridized carbons (Fsp3) is 0.227. The van der Waals surface area contributed by atoms with Crippen molar-refractivity contribution in [1.29, 1.82) is 0 Å². The van der Waals surface area contributed by atoms with Crippen LogP contribution >= 0.6 is 0 Å². The van der Waals surface area contributed by atoms with Gasteiger partial charge in [-0.3, -0.25) is 5.10 Å². The van der Waals surface area contributed by atoms with Gasteiger partial charge in [0.05, 0.1) is 0 Å². The molecule has 0 fully saturated rings. The molecule has 5 aromatic rings. The van der Waals surface area contributed by atoms with E-state index in [-0.39, 0.29) is 21.1 Å². The number of imidazole rings is 2. The van der Waals surface area contributed by atoms with Gasteiger partial charge >= 0.3 is 21.1 Å². The normalized spacial score (nSPS) is 10.5. The number of rotatable bonds is 4. The Morgan fingerprint density at radius 2 is 1.59 bits per heavy atom. The van der Waals surface area contributed by atoms with E-state index in [9.17, 15) is 0 Å². The van der Waals surface area contributed by atoms with Crippen molar-refractivity contribution in [2.45, 2.75) is 33.7 Å². The fourth-order valence-corrected chi connectivity index (χ4v) is 3.10. The van der Waals surface area contributed by atoms with E-state index in [2.05, 4.69) is 49.2 Å². The van der Waals surface area contributed by atoms with Crippen molar-refractivity contribution in [2.75, 3.05) is 0 Å². The number of benzene rings is 1. The van der Waals surface area contributed by atoms with Crippen LogP contribution in [0.15, 0.2) is 61.2 Å². The van der Waals surface area contributed by atoms with Gasteiger partial charge in [0, 0.05) is 53.9 Å². The molecule has 0 aliphatic carbocycles. The molecule has 4 heterocycles. The average molecular weight is 609 g/mol. The summed E-state index contributed by atoms with van der Waals surface area (Å²) in [5.41, 5.74) is 2.78. The second-order valence-electron chi connectivity index (χ2n) is 7.26. The van der Waals surface area contributed by atoms with Gasteiger partial charge in [-0.25, -0.2) is 9.97 Å². The van der Waals surface area contributed by atoms with E-state index in [4.69, 9.17) is 0 Å². The Balaban J connectivity index is 0.000000178. The van der Waals surface area contributed by atoms with Crippen LogP contribution in [0.5, 0.6) is 0 Å². The SMILES string of the molecule is Cc1cc(-c2nccn2-c2ccccc2)[n-]n1.Cc1n[n-]c(-c2nccn2C(C)C)n1.[Pt+2]. The van der Waals surface area contributed by atoms with E-state index in [1.54, 1.807) is 12.4 Å². The molecule has 0 saturated carbocycles. The molecule has 1 aromatic carbocycles. The van der Waals surface area contributed by atoms with Gasteiger partial charge in [-0.1, -0.05) is 30.0 Å². The largest absolute Gasteiger partial charge is 2.00 e. The van der Waals surface area contributed by atoms with Crippen LogP contribution in [0.25, 0.3) is 28.9 Å². The summed E-state index contributed by atoms with van der Waals surface area (Å²) in [7, 11) is 0. The number of aromatic nitrogens is 9. The zero-order valence-corrected chi connectivity index (χ0v) is 20.5. The van der Waals surface area contributed by atoms with Crippen molar-refractivity contribution < 1.29 is 21.1 Å². The van der Waals surface area contributed by atoms with E-state index >= 15 is 0 Å². The predicted molar refractivity (Wildman–Crippen MR) is 117 cm³/mol. The van der Waals surface area contributed by atoms with Crippen molar-refractivity contribution >= 4 is 0 Å². The summed E-state index contributed by atoms with van der Waals surface area (Å²) >= 11 is 0. The molecule has 10 heteroatoms. The molecule has 0 amide bonds. The molecule has 5 rings (SSSR count). The molecule has 0 N–H and O–H groups in total. The second-order valence-corrected chi connectivity index (χ2v) is 7.26. The van der Waals surface area contributed by atoms with Crippen molar-refractivity contribution in [3.8, 4) is 28.9 Å². The first-order chi connectivity index (χ1) is 15.0. The van der Waals surface area contributed by atoms with Gasteiger partial charge in [0.2, 0.25) is 0 Å². The van der Waals surface area contributed by atoms with Crippen molar-refractivity contribution in [3.05, 3.63) is 72.7 Å². The number of aryl methyl sites for hydroxylation is 2. The maximum absolute atomic E-state index is 4.34. The zero-order valence-electron chi connectivity index (χ0n) is 18.2. The Bertz CT molecular complexity index is 1250. The van der Waals surface area contributed by atoms with Crippen LogP contribution in [0.2, 0.25) is 0 Å². The van der Waals surface area contributed by atoms with Crippen LogP contribution in [0.4, 0.5) is 0 Å². The molecule has 0 spiro atoms. The summed E-state index contributed by atoms with van der Waals surface area (Å²) in [6.07, 6.45) is 7.37. The van der Waals surface area contributed by atoms with E-state index in [0.29, 0.717) is 17.7 Å². The minimum absolute atomic E-state index is 0. The van der Waals surface area contributed by atoms with E-state index in [0.717, 1.165) is 28.7 Å². The molecule has 0 radical (unpaired) electrons. The second kappa shape index (κ2) is 10.3. The van der Waals surface area contributed by atoms with E-state index < -0.39 is 0 Å². The molecular formula is C22H23N9Pt. The minimum Gasteiger partial charge on any atom is -0.572 e. The van der Waals surface area contributed by atoms with Gasteiger partial charge in [-0.2, -0.15) is 0 Å². The van der Waals surface area contributed by atoms with Crippen molar-refractivity contribution in [2.24, 2.45) is 0 Å². The van der Waals surface area contributed by atoms with Crippen LogP contribution < -0.4 is 10.2 Å². The standard InChI is InChI=1S/C13H11N4.C9H12N5.Pt/c1-10-9-12(16-15-10)13-14-7-8-17(13)11-5-3-2-4-6-11;1-6(2)14-5-4-10-9(14)8-11-7(3)12-13-8;/h2-9H,1H3;4-6H,1-3H3;/q2*-1;+2. The Morgan fingerprint density at radius 3 is 2.22 bits per heavy atom. The van der Waals surface area contributed by atoms with Gasteiger partial charge < -0.3 is 29.4 Å². The first-order valence-electron chi connectivity index (χ1n) is 9.96. The number of nitrogens with zero attached hydrogens (tertiary/aromatic N) is 9. The van der Waals surface area contributed by atoms with Crippen LogP contribution in [0.1, 0.15) is 31.4 Å². The Hall–Kier alpha value is -3.32. The third-order valence-electron chi connectivity index (χ3n) is 4.55. The molecular weight excluding hydrogens is 585 g/mol. The van der Waals surface area contributed by atoms with E-state index in [1.807, 2.05) is 71.8 Å². The molecule has 0 aliphatic rings. The van der Waals surface area contributed by atoms with Crippen LogP contribution in [-0.2, 0) is 21.1 Å². The smallest absolute Gasteiger partial charge is 0.572 e. The summed E-state index contributed by atoms with van der Waals surface area (Å²) in [4.78, 5) is 12.7. The maximum Gasteiger partial charge on any atom is 2.00 e. The quantitative estimate of drug-likeness (QED) is 0.308. The summed E-state index contributed by atoms with van der Waals surface area (Å²) in [5.74, 6) is 2.87. The van der Waals surface area contributed by atoms with Gasteiger partial charge in [-0.05, 0) is 39.8 Å². The summed E-state index contributed by atoms with van der Waals surface area (Å²) in [6.45, 7) is 7.92. The molecule has 0 saturated heterocycles. The molecule has 166 valence electrons. The molecule has 0 bridgehead atoms. The first kappa shape index (κ1) is 23.3. The third kappa shape index (κ3) is 5.11. The minimum atomic E-state index is 0.